The predicted octanol–water partition coefficient (Wildman–Crippen LogP) is 1.02. The molecule has 0 aromatic carbocycles. The average molecular weight is 211 g/mol. The molecule has 15 heavy (non-hydrogen) atoms. The molecule has 0 radical (unpaired) electrons. The molecule has 1 atom stereocenters. The van der Waals surface area contributed by atoms with Crippen LogP contribution in [0.5, 0.6) is 0 Å². The Morgan fingerprint density at radius 1 is 1.67 bits per heavy atom. The van der Waals surface area contributed by atoms with E-state index in [-0.39, 0.29) is 18.4 Å². The monoisotopic (exact) mass is 211 g/mol. The average Bonchev–Trinajstić information content (AvgIpc) is 2.77. The topological polar surface area (TPSA) is 72.6 Å². The van der Waals surface area contributed by atoms with Gasteiger partial charge in [-0.25, -0.2) is 4.98 Å². The van der Waals surface area contributed by atoms with Crippen molar-refractivity contribution in [3.8, 4) is 0 Å². The summed E-state index contributed by atoms with van der Waals surface area (Å²) in [6.07, 6.45) is 4.41. The Kier molecular flexibility index (Phi) is 3.01. The number of aromatic nitrogens is 1. The summed E-state index contributed by atoms with van der Waals surface area (Å²) >= 11 is 0. The zero-order valence-electron chi connectivity index (χ0n) is 8.31. The van der Waals surface area contributed by atoms with Crippen molar-refractivity contribution in [3.05, 3.63) is 17.8 Å². The smallest absolute Gasteiger partial charge is 0.312 e. The van der Waals surface area contributed by atoms with Crippen LogP contribution < -0.4 is 0 Å². The van der Waals surface area contributed by atoms with E-state index >= 15 is 0 Å². The van der Waals surface area contributed by atoms with Crippen LogP contribution in [0.3, 0.4) is 0 Å². The molecule has 1 fully saturated rings. The highest BCUT2D eigenvalue weighted by molar-refractivity contribution is 5.68. The van der Waals surface area contributed by atoms with Crippen molar-refractivity contribution >= 4 is 5.97 Å². The van der Waals surface area contributed by atoms with Crippen LogP contribution in [0.4, 0.5) is 0 Å². The molecule has 82 valence electrons. The molecule has 1 aromatic heterocycles. The molecule has 0 saturated carbocycles. The van der Waals surface area contributed by atoms with E-state index in [1.165, 1.54) is 6.26 Å². The van der Waals surface area contributed by atoms with Crippen molar-refractivity contribution in [2.24, 2.45) is 0 Å². The summed E-state index contributed by atoms with van der Waals surface area (Å²) in [4.78, 5) is 14.5. The van der Waals surface area contributed by atoms with Gasteiger partial charge in [0.25, 0.3) is 0 Å². The van der Waals surface area contributed by atoms with Crippen LogP contribution in [0.15, 0.2) is 10.7 Å². The van der Waals surface area contributed by atoms with Crippen molar-refractivity contribution in [2.45, 2.75) is 31.8 Å². The van der Waals surface area contributed by atoms with Crippen LogP contribution in [0.25, 0.3) is 0 Å². The minimum Gasteiger partial charge on any atom is -0.481 e. The van der Waals surface area contributed by atoms with E-state index in [0.29, 0.717) is 6.42 Å². The van der Waals surface area contributed by atoms with Crippen LogP contribution >= 0.6 is 0 Å². The van der Waals surface area contributed by atoms with E-state index in [1.807, 2.05) is 0 Å². The van der Waals surface area contributed by atoms with Gasteiger partial charge in [0.2, 0.25) is 5.89 Å². The third kappa shape index (κ3) is 2.79. The first-order valence-corrected chi connectivity index (χ1v) is 5.00. The number of ether oxygens (including phenoxy) is 1. The summed E-state index contributed by atoms with van der Waals surface area (Å²) in [6, 6.07) is 0. The first-order valence-electron chi connectivity index (χ1n) is 5.00. The molecule has 0 aliphatic carbocycles. The van der Waals surface area contributed by atoms with Gasteiger partial charge in [-0.3, -0.25) is 4.79 Å². The van der Waals surface area contributed by atoms with Crippen LogP contribution in [0, 0.1) is 0 Å². The van der Waals surface area contributed by atoms with Crippen molar-refractivity contribution in [1.82, 2.24) is 4.98 Å². The minimum absolute atomic E-state index is 0.161. The summed E-state index contributed by atoms with van der Waals surface area (Å²) in [5.74, 6) is -0.670. The maximum Gasteiger partial charge on any atom is 0.312 e. The van der Waals surface area contributed by atoms with E-state index in [0.717, 1.165) is 25.1 Å². The van der Waals surface area contributed by atoms with Crippen LogP contribution in [0.2, 0.25) is 0 Å². The normalized spacial score (nSPS) is 20.7. The summed E-state index contributed by atoms with van der Waals surface area (Å²) in [6.45, 7) is 0.810. The largest absolute Gasteiger partial charge is 0.481 e. The lowest BCUT2D eigenvalue weighted by atomic mass is 10.1. The first-order chi connectivity index (χ1) is 7.24. The molecule has 5 nitrogen and oxygen atoms in total. The number of hydrogen-bond acceptors (Lipinski definition) is 4. The highest BCUT2D eigenvalue weighted by Gasteiger charge is 2.18. The van der Waals surface area contributed by atoms with Gasteiger partial charge in [-0.05, 0) is 12.8 Å². The van der Waals surface area contributed by atoms with Crippen molar-refractivity contribution in [2.75, 3.05) is 6.61 Å². The Balaban J connectivity index is 1.91. The first kappa shape index (κ1) is 10.2. The number of oxazole rings is 1. The van der Waals surface area contributed by atoms with Gasteiger partial charge >= 0.3 is 5.97 Å². The van der Waals surface area contributed by atoms with Gasteiger partial charge in [0.05, 0.1) is 11.8 Å². The molecule has 5 heteroatoms. The van der Waals surface area contributed by atoms with Gasteiger partial charge < -0.3 is 14.3 Å². The second-order valence-corrected chi connectivity index (χ2v) is 3.64. The van der Waals surface area contributed by atoms with Gasteiger partial charge in [0.1, 0.15) is 12.7 Å². The molecular formula is C10H13NO4. The van der Waals surface area contributed by atoms with Gasteiger partial charge in [0, 0.05) is 13.0 Å². The van der Waals surface area contributed by atoms with E-state index in [4.69, 9.17) is 14.3 Å². The molecule has 1 N–H and O–H groups in total. The summed E-state index contributed by atoms with van der Waals surface area (Å²) in [5, 5.41) is 8.54. The fourth-order valence-corrected chi connectivity index (χ4v) is 1.69. The Labute approximate surface area is 87.1 Å². The van der Waals surface area contributed by atoms with Crippen LogP contribution in [0.1, 0.15) is 24.4 Å². The molecule has 1 aromatic rings. The fourth-order valence-electron chi connectivity index (χ4n) is 1.69. The van der Waals surface area contributed by atoms with Gasteiger partial charge in [-0.15, -0.1) is 0 Å². The molecule has 2 heterocycles. The van der Waals surface area contributed by atoms with Gasteiger partial charge in [-0.1, -0.05) is 0 Å². The SMILES string of the molecule is O=C(O)Cc1nc(CC2CCCO2)co1. The summed E-state index contributed by atoms with van der Waals surface area (Å²) < 4.78 is 10.5. The lowest BCUT2D eigenvalue weighted by molar-refractivity contribution is -0.136. The quantitative estimate of drug-likeness (QED) is 0.805. The number of nitrogens with zero attached hydrogens (tertiary/aromatic N) is 1. The van der Waals surface area contributed by atoms with Gasteiger partial charge in [0.15, 0.2) is 0 Å². The molecule has 0 bridgehead atoms. The maximum absolute atomic E-state index is 10.4. The Hall–Kier alpha value is -1.36. The lowest BCUT2D eigenvalue weighted by Crippen LogP contribution is -2.09. The molecule has 1 aliphatic rings. The zero-order valence-corrected chi connectivity index (χ0v) is 8.31. The molecular weight excluding hydrogens is 198 g/mol. The maximum atomic E-state index is 10.4. The van der Waals surface area contributed by atoms with E-state index < -0.39 is 5.97 Å². The highest BCUT2D eigenvalue weighted by atomic mass is 16.5. The number of aliphatic carboxylic acids is 1. The van der Waals surface area contributed by atoms with Crippen molar-refractivity contribution in [3.63, 3.8) is 0 Å². The van der Waals surface area contributed by atoms with E-state index in [9.17, 15) is 4.79 Å². The number of carboxylic acids is 1. The summed E-state index contributed by atoms with van der Waals surface area (Å²) in [7, 11) is 0. The standard InChI is InChI=1S/C10H13NO4/c12-10(13)5-9-11-7(6-15-9)4-8-2-1-3-14-8/h6,8H,1-5H2,(H,12,13). The summed E-state index contributed by atoms with van der Waals surface area (Å²) in [5.41, 5.74) is 0.776. The van der Waals surface area contributed by atoms with E-state index in [2.05, 4.69) is 4.98 Å². The molecule has 1 saturated heterocycles. The molecule has 0 spiro atoms. The fraction of sp³-hybridized carbons (Fsp3) is 0.600. The lowest BCUT2D eigenvalue weighted by Gasteiger charge is -2.04. The Morgan fingerprint density at radius 2 is 2.53 bits per heavy atom. The molecule has 1 unspecified atom stereocenters. The van der Waals surface area contributed by atoms with Gasteiger partial charge in [-0.2, -0.15) is 0 Å². The number of carbonyl (C=O) groups is 1. The van der Waals surface area contributed by atoms with Crippen LogP contribution in [-0.2, 0) is 22.4 Å². The van der Waals surface area contributed by atoms with Crippen molar-refractivity contribution in [1.29, 1.82) is 0 Å². The second kappa shape index (κ2) is 4.44. The highest BCUT2D eigenvalue weighted by Crippen LogP contribution is 2.16. The second-order valence-electron chi connectivity index (χ2n) is 3.64. The number of hydrogen-bond donors (Lipinski definition) is 1. The Morgan fingerprint density at radius 3 is 3.20 bits per heavy atom. The van der Waals surface area contributed by atoms with Crippen LogP contribution in [-0.4, -0.2) is 28.8 Å². The zero-order chi connectivity index (χ0) is 10.7. The number of rotatable bonds is 4. The predicted molar refractivity (Wildman–Crippen MR) is 50.5 cm³/mol. The van der Waals surface area contributed by atoms with E-state index in [1.54, 1.807) is 0 Å². The molecule has 1 aliphatic heterocycles. The minimum atomic E-state index is -0.930. The Bertz CT molecular complexity index is 341. The van der Waals surface area contributed by atoms with Crippen molar-refractivity contribution < 1.29 is 19.1 Å². The number of carboxylic acid groups (broad SMARTS) is 1. The molecule has 2 rings (SSSR count). The third-order valence-electron chi connectivity index (χ3n) is 2.36. The molecule has 0 amide bonds. The third-order valence-corrected chi connectivity index (χ3v) is 2.36.